The normalized spacial score (nSPS) is 24.0. The summed E-state index contributed by atoms with van der Waals surface area (Å²) in [5.41, 5.74) is 1.09. The summed E-state index contributed by atoms with van der Waals surface area (Å²) in [6.07, 6.45) is 3.59. The minimum absolute atomic E-state index is 0.120. The van der Waals surface area contributed by atoms with Crippen molar-refractivity contribution >= 4 is 10.2 Å². The molecular weight excluding hydrogens is 328 g/mol. The molecule has 1 aromatic rings. The molecule has 0 aliphatic carbocycles. The molecule has 0 amide bonds. The Morgan fingerprint density at radius 2 is 1.96 bits per heavy atom. The molecule has 2 aliphatic heterocycles. The Hall–Kier alpha value is -1.15. The number of hydrogen-bond acceptors (Lipinski definition) is 4. The lowest BCUT2D eigenvalue weighted by atomic mass is 10.1. The minimum Gasteiger partial charge on any atom is -0.497 e. The standard InChI is InChI=1S/C17H26N2O4S/c1-22-16-7-5-6-15(12-16)13-17-14-19(10-11-23-17)24(20,21)18-8-3-2-4-9-18/h5-7,12,17H,2-4,8-11,13-14H2,1H3. The van der Waals surface area contributed by atoms with E-state index in [0.29, 0.717) is 39.2 Å². The van der Waals surface area contributed by atoms with Gasteiger partial charge in [-0.25, -0.2) is 0 Å². The Bertz CT molecular complexity index is 644. The summed E-state index contributed by atoms with van der Waals surface area (Å²) in [5.74, 6) is 0.807. The number of methoxy groups -OCH3 is 1. The third-order valence-electron chi connectivity index (χ3n) is 4.67. The predicted molar refractivity (Wildman–Crippen MR) is 92.4 cm³/mol. The third kappa shape index (κ3) is 4.08. The smallest absolute Gasteiger partial charge is 0.282 e. The molecule has 1 unspecified atom stereocenters. The Balaban J connectivity index is 1.65. The highest BCUT2D eigenvalue weighted by Crippen LogP contribution is 2.21. The SMILES string of the molecule is COc1cccc(CC2CN(S(=O)(=O)N3CCCCC3)CCO2)c1. The zero-order chi connectivity index (χ0) is 17.0. The lowest BCUT2D eigenvalue weighted by molar-refractivity contribution is -0.00244. The van der Waals surface area contributed by atoms with Crippen LogP contribution in [0, 0.1) is 0 Å². The summed E-state index contributed by atoms with van der Waals surface area (Å²) in [4.78, 5) is 0. The second-order valence-corrected chi connectivity index (χ2v) is 8.30. The summed E-state index contributed by atoms with van der Waals surface area (Å²) in [7, 11) is -1.72. The molecule has 2 fully saturated rings. The van der Waals surface area contributed by atoms with Crippen LogP contribution in [0.1, 0.15) is 24.8 Å². The molecule has 0 spiro atoms. The van der Waals surface area contributed by atoms with Crippen LogP contribution in [0.15, 0.2) is 24.3 Å². The van der Waals surface area contributed by atoms with Crippen molar-refractivity contribution in [1.82, 2.24) is 8.61 Å². The van der Waals surface area contributed by atoms with Gasteiger partial charge < -0.3 is 9.47 Å². The van der Waals surface area contributed by atoms with Crippen LogP contribution in [-0.4, -0.2) is 63.0 Å². The van der Waals surface area contributed by atoms with E-state index in [2.05, 4.69) is 0 Å². The Morgan fingerprint density at radius 3 is 2.71 bits per heavy atom. The second kappa shape index (κ2) is 7.82. The first-order chi connectivity index (χ1) is 11.6. The van der Waals surface area contributed by atoms with Gasteiger partial charge >= 0.3 is 0 Å². The molecule has 2 heterocycles. The van der Waals surface area contributed by atoms with Crippen molar-refractivity contribution in [2.45, 2.75) is 31.8 Å². The summed E-state index contributed by atoms with van der Waals surface area (Å²) >= 11 is 0. The van der Waals surface area contributed by atoms with Gasteiger partial charge in [-0.15, -0.1) is 0 Å². The quantitative estimate of drug-likeness (QED) is 0.807. The maximum Gasteiger partial charge on any atom is 0.282 e. The topological polar surface area (TPSA) is 59.1 Å². The van der Waals surface area contributed by atoms with Gasteiger partial charge in [0.1, 0.15) is 5.75 Å². The van der Waals surface area contributed by atoms with Gasteiger partial charge in [0.15, 0.2) is 0 Å². The van der Waals surface area contributed by atoms with Crippen LogP contribution in [0.5, 0.6) is 5.75 Å². The van der Waals surface area contributed by atoms with Crippen LogP contribution in [-0.2, 0) is 21.4 Å². The van der Waals surface area contributed by atoms with Gasteiger partial charge in [-0.1, -0.05) is 18.6 Å². The lowest BCUT2D eigenvalue weighted by Gasteiger charge is -2.36. The average molecular weight is 354 g/mol. The third-order valence-corrected chi connectivity index (χ3v) is 6.67. The first-order valence-electron chi connectivity index (χ1n) is 8.59. The molecule has 1 aromatic carbocycles. The molecule has 0 bridgehead atoms. The van der Waals surface area contributed by atoms with Crippen LogP contribution < -0.4 is 4.74 Å². The predicted octanol–water partition coefficient (Wildman–Crippen LogP) is 1.67. The fourth-order valence-corrected chi connectivity index (χ4v) is 5.05. The van der Waals surface area contributed by atoms with E-state index in [9.17, 15) is 8.42 Å². The Labute approximate surface area is 144 Å². The maximum atomic E-state index is 12.8. The summed E-state index contributed by atoms with van der Waals surface area (Å²) < 4.78 is 39.9. The van der Waals surface area contributed by atoms with Crippen molar-refractivity contribution < 1.29 is 17.9 Å². The van der Waals surface area contributed by atoms with Crippen molar-refractivity contribution in [3.8, 4) is 5.75 Å². The number of nitrogens with zero attached hydrogens (tertiary/aromatic N) is 2. The van der Waals surface area contributed by atoms with E-state index < -0.39 is 10.2 Å². The zero-order valence-corrected chi connectivity index (χ0v) is 15.0. The molecular formula is C17H26N2O4S. The van der Waals surface area contributed by atoms with E-state index in [1.165, 1.54) is 0 Å². The van der Waals surface area contributed by atoms with Gasteiger partial charge in [0.25, 0.3) is 10.2 Å². The van der Waals surface area contributed by atoms with E-state index >= 15 is 0 Å². The number of piperidine rings is 1. The molecule has 7 heteroatoms. The summed E-state index contributed by atoms with van der Waals surface area (Å²) in [6.45, 7) is 2.58. The summed E-state index contributed by atoms with van der Waals surface area (Å²) in [6, 6.07) is 7.84. The van der Waals surface area contributed by atoms with Crippen LogP contribution >= 0.6 is 0 Å². The average Bonchev–Trinajstić information content (AvgIpc) is 2.63. The zero-order valence-electron chi connectivity index (χ0n) is 14.2. The van der Waals surface area contributed by atoms with Gasteiger partial charge in [-0.05, 0) is 30.5 Å². The van der Waals surface area contributed by atoms with Gasteiger partial charge in [0.05, 0.1) is 19.8 Å². The molecule has 0 radical (unpaired) electrons. The fraction of sp³-hybridized carbons (Fsp3) is 0.647. The Kier molecular flexibility index (Phi) is 5.76. The number of rotatable bonds is 5. The molecule has 2 aliphatic rings. The fourth-order valence-electron chi connectivity index (χ4n) is 3.35. The first-order valence-corrected chi connectivity index (χ1v) is 9.99. The van der Waals surface area contributed by atoms with Gasteiger partial charge in [0, 0.05) is 32.6 Å². The maximum absolute atomic E-state index is 12.8. The largest absolute Gasteiger partial charge is 0.497 e. The van der Waals surface area contributed by atoms with Crippen LogP contribution in [0.3, 0.4) is 0 Å². The van der Waals surface area contributed by atoms with Crippen molar-refractivity contribution in [1.29, 1.82) is 0 Å². The van der Waals surface area contributed by atoms with Gasteiger partial charge in [-0.3, -0.25) is 0 Å². The monoisotopic (exact) mass is 354 g/mol. The van der Waals surface area contributed by atoms with Crippen LogP contribution in [0.25, 0.3) is 0 Å². The van der Waals surface area contributed by atoms with Crippen molar-refractivity contribution in [3.63, 3.8) is 0 Å². The molecule has 1 atom stereocenters. The van der Waals surface area contributed by atoms with Gasteiger partial charge in [0.2, 0.25) is 0 Å². The van der Waals surface area contributed by atoms with E-state index in [1.54, 1.807) is 15.7 Å². The number of ether oxygens (including phenoxy) is 2. The minimum atomic E-state index is -3.36. The van der Waals surface area contributed by atoms with Crippen molar-refractivity contribution in [3.05, 3.63) is 29.8 Å². The number of morpholine rings is 1. The van der Waals surface area contributed by atoms with Crippen molar-refractivity contribution in [2.24, 2.45) is 0 Å². The number of benzene rings is 1. The highest BCUT2D eigenvalue weighted by molar-refractivity contribution is 7.86. The number of hydrogen-bond donors (Lipinski definition) is 0. The molecule has 3 rings (SSSR count). The first kappa shape index (κ1) is 17.7. The van der Waals surface area contributed by atoms with E-state index in [4.69, 9.17) is 9.47 Å². The van der Waals surface area contributed by atoms with E-state index in [-0.39, 0.29) is 6.10 Å². The van der Waals surface area contributed by atoms with E-state index in [0.717, 1.165) is 30.6 Å². The van der Waals surface area contributed by atoms with Crippen LogP contribution in [0.4, 0.5) is 0 Å². The summed E-state index contributed by atoms with van der Waals surface area (Å²) in [5, 5.41) is 0. The van der Waals surface area contributed by atoms with Crippen LogP contribution in [0.2, 0.25) is 0 Å². The molecule has 134 valence electrons. The second-order valence-electron chi connectivity index (χ2n) is 6.37. The van der Waals surface area contributed by atoms with Gasteiger partial charge in [-0.2, -0.15) is 17.0 Å². The molecule has 2 saturated heterocycles. The molecule has 0 aromatic heterocycles. The lowest BCUT2D eigenvalue weighted by Crippen LogP contribution is -2.52. The highest BCUT2D eigenvalue weighted by Gasteiger charge is 2.34. The van der Waals surface area contributed by atoms with E-state index in [1.807, 2.05) is 24.3 Å². The molecule has 24 heavy (non-hydrogen) atoms. The van der Waals surface area contributed by atoms with Crippen molar-refractivity contribution in [2.75, 3.05) is 39.9 Å². The Morgan fingerprint density at radius 1 is 1.17 bits per heavy atom. The molecule has 0 saturated carbocycles. The molecule has 0 N–H and O–H groups in total. The molecule has 6 nitrogen and oxygen atoms in total. The highest BCUT2D eigenvalue weighted by atomic mass is 32.2.